The Bertz CT molecular complexity index is 801. The highest BCUT2D eigenvalue weighted by Gasteiger charge is 2.20. The van der Waals surface area contributed by atoms with Crippen molar-refractivity contribution in [2.75, 3.05) is 5.84 Å². The summed E-state index contributed by atoms with van der Waals surface area (Å²) in [6.45, 7) is 3.73. The molecule has 0 aliphatic heterocycles. The van der Waals surface area contributed by atoms with Crippen LogP contribution in [0.3, 0.4) is 0 Å². The molecule has 0 radical (unpaired) electrons. The lowest BCUT2D eigenvalue weighted by Crippen LogP contribution is -2.12. The van der Waals surface area contributed by atoms with Crippen LogP contribution < -0.4 is 5.84 Å². The second kappa shape index (κ2) is 6.09. The first-order valence-electron chi connectivity index (χ1n) is 6.48. The van der Waals surface area contributed by atoms with Crippen molar-refractivity contribution in [1.29, 1.82) is 0 Å². The maximum absolute atomic E-state index is 6.12. The summed E-state index contributed by atoms with van der Waals surface area (Å²) in [6, 6.07) is 7.71. The van der Waals surface area contributed by atoms with E-state index in [0.29, 0.717) is 22.7 Å². The van der Waals surface area contributed by atoms with Gasteiger partial charge in [-0.25, -0.2) is 4.68 Å². The summed E-state index contributed by atoms with van der Waals surface area (Å²) >= 11 is 4.90. The molecule has 0 spiro atoms. The van der Waals surface area contributed by atoms with Crippen molar-refractivity contribution >= 4 is 27.7 Å². The van der Waals surface area contributed by atoms with Crippen LogP contribution in [0.25, 0.3) is 11.4 Å². The molecule has 2 heterocycles. The van der Waals surface area contributed by atoms with Crippen molar-refractivity contribution in [1.82, 2.24) is 25.0 Å². The summed E-state index contributed by atoms with van der Waals surface area (Å²) in [6.07, 6.45) is 0. The summed E-state index contributed by atoms with van der Waals surface area (Å²) in [4.78, 5) is 4.21. The predicted octanol–water partition coefficient (Wildman–Crippen LogP) is 2.97. The van der Waals surface area contributed by atoms with Crippen LogP contribution in [0.15, 0.2) is 38.4 Å². The number of nitrogens with zero attached hydrogens (tertiary/aromatic N) is 5. The van der Waals surface area contributed by atoms with E-state index in [9.17, 15) is 0 Å². The third-order valence-corrected chi connectivity index (χ3v) is 4.69. The largest absolute Gasteiger partial charge is 0.338 e. The Morgan fingerprint density at radius 1 is 1.32 bits per heavy atom. The molecule has 1 atom stereocenters. The minimum absolute atomic E-state index is 0.0697. The molecule has 0 fully saturated rings. The fourth-order valence-corrected chi connectivity index (χ4v) is 3.13. The Kier molecular flexibility index (Phi) is 4.16. The Morgan fingerprint density at radius 2 is 2.09 bits per heavy atom. The number of hydrogen-bond acceptors (Lipinski definition) is 7. The van der Waals surface area contributed by atoms with Gasteiger partial charge >= 0.3 is 0 Å². The van der Waals surface area contributed by atoms with Gasteiger partial charge in [-0.3, -0.25) is 0 Å². The van der Waals surface area contributed by atoms with Crippen LogP contribution in [0.2, 0.25) is 0 Å². The van der Waals surface area contributed by atoms with Crippen molar-refractivity contribution < 1.29 is 4.52 Å². The van der Waals surface area contributed by atoms with E-state index in [1.54, 1.807) is 6.92 Å². The van der Waals surface area contributed by atoms with Crippen LogP contribution in [0.5, 0.6) is 0 Å². The van der Waals surface area contributed by atoms with E-state index in [0.717, 1.165) is 10.0 Å². The maximum atomic E-state index is 6.12. The van der Waals surface area contributed by atoms with Crippen LogP contribution in [0.1, 0.15) is 23.9 Å². The molecule has 0 aliphatic carbocycles. The van der Waals surface area contributed by atoms with Crippen molar-refractivity contribution in [3.05, 3.63) is 40.5 Å². The zero-order chi connectivity index (χ0) is 15.7. The van der Waals surface area contributed by atoms with Gasteiger partial charge in [0.05, 0.1) is 5.25 Å². The minimum atomic E-state index is -0.0697. The summed E-state index contributed by atoms with van der Waals surface area (Å²) in [5, 5.41) is 12.6. The van der Waals surface area contributed by atoms with E-state index in [1.165, 1.54) is 16.4 Å². The first kappa shape index (κ1) is 15.0. The number of halogens is 1. The zero-order valence-corrected chi connectivity index (χ0v) is 14.3. The van der Waals surface area contributed by atoms with Crippen molar-refractivity contribution in [2.45, 2.75) is 24.3 Å². The number of thioether (sulfide) groups is 1. The first-order chi connectivity index (χ1) is 10.6. The molecule has 0 aliphatic rings. The average molecular weight is 381 g/mol. The van der Waals surface area contributed by atoms with Gasteiger partial charge in [-0.05, 0) is 26.0 Å². The highest BCUT2D eigenvalue weighted by molar-refractivity contribution is 9.10. The van der Waals surface area contributed by atoms with Crippen LogP contribution >= 0.6 is 27.7 Å². The highest BCUT2D eigenvalue weighted by atomic mass is 79.9. The lowest BCUT2D eigenvalue weighted by atomic mass is 10.2. The molecule has 0 bridgehead atoms. The number of aryl methyl sites for hydroxylation is 1. The lowest BCUT2D eigenvalue weighted by molar-refractivity contribution is 0.376. The van der Waals surface area contributed by atoms with Crippen molar-refractivity contribution in [3.63, 3.8) is 0 Å². The Hall–Kier alpha value is -1.87. The third kappa shape index (κ3) is 2.86. The molecule has 3 rings (SSSR count). The second-order valence-electron chi connectivity index (χ2n) is 4.60. The third-order valence-electron chi connectivity index (χ3n) is 2.95. The van der Waals surface area contributed by atoms with E-state index in [4.69, 9.17) is 10.4 Å². The van der Waals surface area contributed by atoms with Gasteiger partial charge in [0.2, 0.25) is 11.0 Å². The highest BCUT2D eigenvalue weighted by Crippen LogP contribution is 2.34. The standard InChI is InChI=1S/C13H13BrN6OS/c1-7(12-16-8(2)19-21-12)22-13-18-17-11(20(13)15)9-5-3-4-6-10(9)14/h3-7H,15H2,1-2H3. The monoisotopic (exact) mass is 380 g/mol. The molecule has 114 valence electrons. The van der Waals surface area contributed by atoms with E-state index in [-0.39, 0.29) is 5.25 Å². The molecule has 0 saturated carbocycles. The minimum Gasteiger partial charge on any atom is -0.338 e. The van der Waals surface area contributed by atoms with Crippen LogP contribution in [-0.2, 0) is 0 Å². The topological polar surface area (TPSA) is 95.7 Å². The summed E-state index contributed by atoms with van der Waals surface area (Å²) in [5.41, 5.74) is 0.880. The summed E-state index contributed by atoms with van der Waals surface area (Å²) < 4.78 is 7.53. The molecule has 2 aromatic heterocycles. The molecular formula is C13H13BrN6OS. The van der Waals surface area contributed by atoms with Gasteiger partial charge in [0.15, 0.2) is 11.6 Å². The number of aromatic nitrogens is 5. The molecule has 9 heteroatoms. The SMILES string of the molecule is Cc1noc(C(C)Sc2nnc(-c3ccccc3Br)n2N)n1. The van der Waals surface area contributed by atoms with Crippen LogP contribution in [-0.4, -0.2) is 25.0 Å². The average Bonchev–Trinajstić information content (AvgIpc) is 3.07. The number of nitrogens with two attached hydrogens (primary N) is 1. The molecule has 0 amide bonds. The molecular weight excluding hydrogens is 368 g/mol. The second-order valence-corrected chi connectivity index (χ2v) is 6.76. The normalized spacial score (nSPS) is 12.5. The van der Waals surface area contributed by atoms with Gasteiger partial charge in [-0.2, -0.15) is 4.98 Å². The van der Waals surface area contributed by atoms with E-state index in [1.807, 2.05) is 31.2 Å². The zero-order valence-electron chi connectivity index (χ0n) is 11.9. The predicted molar refractivity (Wildman–Crippen MR) is 86.6 cm³/mol. The molecule has 3 aromatic rings. The van der Waals surface area contributed by atoms with Crippen LogP contribution in [0.4, 0.5) is 0 Å². The van der Waals surface area contributed by atoms with Gasteiger partial charge in [-0.15, -0.1) is 10.2 Å². The summed E-state index contributed by atoms with van der Waals surface area (Å²) in [7, 11) is 0. The molecule has 7 nitrogen and oxygen atoms in total. The number of nitrogen functional groups attached to an aromatic ring is 1. The molecule has 2 N–H and O–H groups in total. The van der Waals surface area contributed by atoms with E-state index < -0.39 is 0 Å². The van der Waals surface area contributed by atoms with Crippen molar-refractivity contribution in [2.24, 2.45) is 0 Å². The molecule has 0 saturated heterocycles. The van der Waals surface area contributed by atoms with Gasteiger partial charge in [-0.1, -0.05) is 45.0 Å². The van der Waals surface area contributed by atoms with E-state index in [2.05, 4.69) is 36.3 Å². The van der Waals surface area contributed by atoms with E-state index >= 15 is 0 Å². The Balaban J connectivity index is 1.86. The maximum Gasteiger partial charge on any atom is 0.239 e. The fourth-order valence-electron chi connectivity index (χ4n) is 1.87. The fraction of sp³-hybridized carbons (Fsp3) is 0.231. The lowest BCUT2D eigenvalue weighted by Gasteiger charge is -2.07. The number of benzene rings is 1. The molecule has 1 aromatic carbocycles. The smallest absolute Gasteiger partial charge is 0.239 e. The Morgan fingerprint density at radius 3 is 2.77 bits per heavy atom. The van der Waals surface area contributed by atoms with Gasteiger partial charge in [0.1, 0.15) is 0 Å². The first-order valence-corrected chi connectivity index (χ1v) is 8.15. The molecule has 22 heavy (non-hydrogen) atoms. The molecule has 1 unspecified atom stereocenters. The van der Waals surface area contributed by atoms with Gasteiger partial charge in [0.25, 0.3) is 0 Å². The van der Waals surface area contributed by atoms with Gasteiger partial charge < -0.3 is 10.4 Å². The number of hydrogen-bond donors (Lipinski definition) is 1. The summed E-state index contributed by atoms with van der Waals surface area (Å²) in [5.74, 6) is 7.84. The van der Waals surface area contributed by atoms with Crippen LogP contribution in [0, 0.1) is 6.92 Å². The van der Waals surface area contributed by atoms with Gasteiger partial charge in [0, 0.05) is 10.0 Å². The van der Waals surface area contributed by atoms with Crippen molar-refractivity contribution in [3.8, 4) is 11.4 Å². The quantitative estimate of drug-likeness (QED) is 0.548. The number of rotatable bonds is 4. The Labute approximate surface area is 139 Å².